The number of aromatic amines is 1. The third-order valence-corrected chi connectivity index (χ3v) is 6.75. The van der Waals surface area contributed by atoms with E-state index in [-0.39, 0.29) is 14.9 Å². The summed E-state index contributed by atoms with van der Waals surface area (Å²) in [6.45, 7) is 0. The maximum atomic E-state index is 14.9. The van der Waals surface area contributed by atoms with Crippen molar-refractivity contribution >= 4 is 55.9 Å². The molecule has 0 aliphatic rings. The van der Waals surface area contributed by atoms with E-state index in [1.807, 2.05) is 0 Å². The van der Waals surface area contributed by atoms with Gasteiger partial charge in [0.2, 0.25) is 0 Å². The molecule has 3 N–H and O–H groups in total. The fraction of sp³-hybridized carbons (Fsp3) is 0.0455. The van der Waals surface area contributed by atoms with Gasteiger partial charge in [-0.3, -0.25) is 9.82 Å². The van der Waals surface area contributed by atoms with Gasteiger partial charge in [-0.25, -0.2) is 27.0 Å². The fourth-order valence-electron chi connectivity index (χ4n) is 2.68. The average molecular weight is 593 g/mol. The second kappa shape index (κ2) is 11.2. The lowest BCUT2D eigenvalue weighted by atomic mass is 10.1. The van der Waals surface area contributed by atoms with E-state index >= 15 is 0 Å². The van der Waals surface area contributed by atoms with Crippen LogP contribution in [0.3, 0.4) is 0 Å². The Morgan fingerprint density at radius 3 is 2.42 bits per heavy atom. The summed E-state index contributed by atoms with van der Waals surface area (Å²) in [5, 5.41) is 14.1. The molecule has 0 saturated carbocycles. The molecule has 0 spiro atoms. The fourth-order valence-corrected chi connectivity index (χ4v) is 4.50. The molecule has 2 aromatic carbocycles. The minimum atomic E-state index is -5.08. The van der Waals surface area contributed by atoms with Gasteiger partial charge in [0.05, 0.1) is 27.5 Å². The van der Waals surface area contributed by atoms with Gasteiger partial charge in [0, 0.05) is 17.1 Å². The number of carboxylic acids is 1. The van der Waals surface area contributed by atoms with Crippen LogP contribution in [0, 0.1) is 23.5 Å². The first-order chi connectivity index (χ1) is 17.7. The van der Waals surface area contributed by atoms with Crippen molar-refractivity contribution in [3.8, 4) is 11.8 Å². The van der Waals surface area contributed by atoms with Crippen LogP contribution in [-0.2, 0) is 14.8 Å². The van der Waals surface area contributed by atoms with Crippen molar-refractivity contribution in [2.45, 2.75) is 11.1 Å². The molecule has 8 nitrogen and oxygen atoms in total. The summed E-state index contributed by atoms with van der Waals surface area (Å²) >= 11 is 11.8. The van der Waals surface area contributed by atoms with Gasteiger partial charge in [0.25, 0.3) is 10.0 Å². The molecule has 0 bridgehead atoms. The van der Waals surface area contributed by atoms with Gasteiger partial charge in [-0.05, 0) is 30.3 Å². The van der Waals surface area contributed by atoms with Crippen molar-refractivity contribution in [2.24, 2.45) is 0 Å². The molecule has 0 aliphatic heterocycles. The quantitative estimate of drug-likeness (QED) is 0.217. The van der Waals surface area contributed by atoms with E-state index in [9.17, 15) is 30.4 Å². The molecule has 4 rings (SSSR count). The van der Waals surface area contributed by atoms with Crippen LogP contribution in [0.4, 0.5) is 27.6 Å². The van der Waals surface area contributed by atoms with Gasteiger partial charge in [-0.2, -0.15) is 18.3 Å². The van der Waals surface area contributed by atoms with E-state index in [1.54, 1.807) is 6.07 Å². The van der Waals surface area contributed by atoms with Gasteiger partial charge in [0.15, 0.2) is 11.5 Å². The Balaban J connectivity index is 0.000000505. The summed E-state index contributed by atoms with van der Waals surface area (Å²) in [7, 11) is -4.30. The smallest absolute Gasteiger partial charge is 0.475 e. The summed E-state index contributed by atoms with van der Waals surface area (Å²) in [4.78, 5) is 12.6. The number of alkyl halides is 3. The molecule has 4 aromatic rings. The van der Waals surface area contributed by atoms with Crippen molar-refractivity contribution in [1.82, 2.24) is 15.2 Å². The molecule has 2 aromatic heterocycles. The zero-order valence-electron chi connectivity index (χ0n) is 18.2. The van der Waals surface area contributed by atoms with E-state index in [2.05, 4.69) is 31.7 Å². The Hall–Kier alpha value is -3.93. The van der Waals surface area contributed by atoms with Gasteiger partial charge >= 0.3 is 12.1 Å². The molecule has 0 aliphatic carbocycles. The third kappa shape index (κ3) is 6.68. The van der Waals surface area contributed by atoms with Crippen LogP contribution in [0.5, 0.6) is 0 Å². The minimum absolute atomic E-state index is 0.0128. The number of hydrogen-bond acceptors (Lipinski definition) is 5. The van der Waals surface area contributed by atoms with E-state index in [4.69, 9.17) is 33.1 Å². The monoisotopic (exact) mass is 592 g/mol. The van der Waals surface area contributed by atoms with E-state index in [1.165, 1.54) is 30.6 Å². The second-order valence-electron chi connectivity index (χ2n) is 7.03. The summed E-state index contributed by atoms with van der Waals surface area (Å²) in [5.74, 6) is 0.117. The van der Waals surface area contributed by atoms with Crippen LogP contribution in [0.1, 0.15) is 11.1 Å². The molecular weight excluding hydrogens is 582 g/mol. The standard InChI is InChI=1S/C20H10Cl2F2N4O2S.C2HF3O2/c21-14-2-1-3-17(18(14)22)31(29,30)28-16-7-6-15(23)13(19(16)24)5-4-11-8-12-10-26-27-20(12)25-9-11;3-2(4,5)1(6)7/h1-3,6-10,28H,(H,25,26,27);(H,6,7). The Labute approximate surface area is 220 Å². The van der Waals surface area contributed by atoms with Crippen molar-refractivity contribution in [3.05, 3.63) is 81.6 Å². The number of fused-ring (bicyclic) bond motifs is 1. The number of carbonyl (C=O) groups is 1. The summed E-state index contributed by atoms with van der Waals surface area (Å²) in [5.41, 5.74) is -0.168. The minimum Gasteiger partial charge on any atom is -0.475 e. The van der Waals surface area contributed by atoms with Gasteiger partial charge in [-0.1, -0.05) is 41.1 Å². The largest absolute Gasteiger partial charge is 0.490 e. The van der Waals surface area contributed by atoms with Crippen LogP contribution >= 0.6 is 23.2 Å². The molecular formula is C22H11Cl2F5N4O4S. The predicted octanol–water partition coefficient (Wildman–Crippen LogP) is 5.38. The number of sulfonamides is 1. The Bertz CT molecular complexity index is 1700. The van der Waals surface area contributed by atoms with E-state index < -0.39 is 45.1 Å². The normalized spacial score (nSPS) is 11.2. The number of nitrogens with one attached hydrogen (secondary N) is 2. The molecule has 0 fully saturated rings. The molecule has 2 heterocycles. The maximum Gasteiger partial charge on any atom is 0.490 e. The summed E-state index contributed by atoms with van der Waals surface area (Å²) < 4.78 is 88.2. The summed E-state index contributed by atoms with van der Waals surface area (Å²) in [6.07, 6.45) is -2.14. The molecule has 16 heteroatoms. The number of aliphatic carboxylic acids is 1. The Kier molecular flexibility index (Phi) is 8.45. The number of pyridine rings is 1. The van der Waals surface area contributed by atoms with Crippen molar-refractivity contribution < 1.29 is 40.3 Å². The molecule has 198 valence electrons. The molecule has 0 atom stereocenters. The highest BCUT2D eigenvalue weighted by Crippen LogP contribution is 2.31. The zero-order chi connectivity index (χ0) is 28.3. The van der Waals surface area contributed by atoms with Gasteiger partial charge in [0.1, 0.15) is 10.7 Å². The van der Waals surface area contributed by atoms with Crippen LogP contribution < -0.4 is 4.72 Å². The highest BCUT2D eigenvalue weighted by Gasteiger charge is 2.38. The van der Waals surface area contributed by atoms with Crippen molar-refractivity contribution in [2.75, 3.05) is 4.72 Å². The molecule has 0 amide bonds. The van der Waals surface area contributed by atoms with E-state index in [0.29, 0.717) is 16.6 Å². The molecule has 0 unspecified atom stereocenters. The number of benzene rings is 2. The number of rotatable bonds is 3. The number of aromatic nitrogens is 3. The number of anilines is 1. The first-order valence-electron chi connectivity index (χ1n) is 9.77. The lowest BCUT2D eigenvalue weighted by molar-refractivity contribution is -0.192. The first kappa shape index (κ1) is 28.6. The van der Waals surface area contributed by atoms with Crippen LogP contribution in [0.15, 0.2) is 53.7 Å². The zero-order valence-corrected chi connectivity index (χ0v) is 20.6. The number of hydrogen-bond donors (Lipinski definition) is 3. The topological polar surface area (TPSA) is 125 Å². The van der Waals surface area contributed by atoms with Crippen molar-refractivity contribution in [3.63, 3.8) is 0 Å². The SMILES string of the molecule is O=C(O)C(F)(F)F.O=S(=O)(Nc1ccc(F)c(C#Cc2cnc3[nH]ncc3c2)c1F)c1cccc(Cl)c1Cl. The molecule has 0 radical (unpaired) electrons. The Morgan fingerprint density at radius 1 is 1.08 bits per heavy atom. The van der Waals surface area contributed by atoms with E-state index in [0.717, 1.165) is 12.1 Å². The number of carboxylic acid groups (broad SMARTS) is 1. The highest BCUT2D eigenvalue weighted by molar-refractivity contribution is 7.92. The van der Waals surface area contributed by atoms with Gasteiger partial charge in [-0.15, -0.1) is 0 Å². The van der Waals surface area contributed by atoms with Crippen LogP contribution in [-0.4, -0.2) is 40.9 Å². The average Bonchev–Trinajstić information content (AvgIpc) is 3.30. The van der Waals surface area contributed by atoms with Crippen LogP contribution in [0.25, 0.3) is 11.0 Å². The molecule has 0 saturated heterocycles. The molecule has 38 heavy (non-hydrogen) atoms. The first-order valence-corrected chi connectivity index (χ1v) is 12.0. The number of H-pyrrole nitrogens is 1. The van der Waals surface area contributed by atoms with Crippen molar-refractivity contribution in [1.29, 1.82) is 0 Å². The lowest BCUT2D eigenvalue weighted by Gasteiger charge is -2.12. The second-order valence-corrected chi connectivity index (χ2v) is 9.46. The lowest BCUT2D eigenvalue weighted by Crippen LogP contribution is -2.21. The highest BCUT2D eigenvalue weighted by atomic mass is 35.5. The Morgan fingerprint density at radius 2 is 1.76 bits per heavy atom. The number of nitrogens with zero attached hydrogens (tertiary/aromatic N) is 2. The third-order valence-electron chi connectivity index (χ3n) is 4.41. The number of halogens is 7. The maximum absolute atomic E-state index is 14.9. The van der Waals surface area contributed by atoms with Crippen LogP contribution in [0.2, 0.25) is 10.0 Å². The predicted molar refractivity (Wildman–Crippen MR) is 127 cm³/mol. The van der Waals surface area contributed by atoms with Gasteiger partial charge < -0.3 is 5.11 Å². The summed E-state index contributed by atoms with van der Waals surface area (Å²) in [6, 6.07) is 7.49.